The molecule has 0 bridgehead atoms. The van der Waals surface area contributed by atoms with Crippen molar-refractivity contribution in [1.29, 1.82) is 0 Å². The number of rotatable bonds is 2. The average Bonchev–Trinajstić information content (AvgIpc) is 2.37. The second kappa shape index (κ2) is 5.08. The number of piperazine rings is 1. The fourth-order valence-electron chi connectivity index (χ4n) is 2.04. The van der Waals surface area contributed by atoms with E-state index in [0.717, 1.165) is 11.3 Å². The molecule has 1 atom stereocenters. The van der Waals surface area contributed by atoms with Gasteiger partial charge in [-0.3, -0.25) is 4.79 Å². The molecule has 18 heavy (non-hydrogen) atoms. The standard InChI is InChI=1S/C13H16N2O3/c1-9-4-3-5-10(6-9)15-7-11(13(17)18-2)14-12(16)8-15/h3-6,11H,7-8H2,1-2H3,(H,14,16). The molecule has 1 unspecified atom stereocenters. The van der Waals surface area contributed by atoms with Gasteiger partial charge in [0.25, 0.3) is 0 Å². The summed E-state index contributed by atoms with van der Waals surface area (Å²) in [4.78, 5) is 25.0. The van der Waals surface area contributed by atoms with Crippen LogP contribution in [-0.4, -0.2) is 38.1 Å². The lowest BCUT2D eigenvalue weighted by Crippen LogP contribution is -2.57. The van der Waals surface area contributed by atoms with Crippen molar-refractivity contribution in [3.05, 3.63) is 29.8 Å². The van der Waals surface area contributed by atoms with Crippen molar-refractivity contribution in [2.45, 2.75) is 13.0 Å². The summed E-state index contributed by atoms with van der Waals surface area (Å²) in [6, 6.07) is 7.25. The fraction of sp³-hybridized carbons (Fsp3) is 0.385. The van der Waals surface area contributed by atoms with Crippen LogP contribution in [0.4, 0.5) is 5.69 Å². The van der Waals surface area contributed by atoms with Gasteiger partial charge in [0.1, 0.15) is 6.04 Å². The Balaban J connectivity index is 2.18. The first-order chi connectivity index (χ1) is 8.60. The highest BCUT2D eigenvalue weighted by Crippen LogP contribution is 2.17. The first kappa shape index (κ1) is 12.4. The van der Waals surface area contributed by atoms with Gasteiger partial charge in [0.2, 0.25) is 5.91 Å². The van der Waals surface area contributed by atoms with Gasteiger partial charge in [-0.2, -0.15) is 0 Å². The summed E-state index contributed by atoms with van der Waals surface area (Å²) in [7, 11) is 1.32. The van der Waals surface area contributed by atoms with Crippen LogP contribution in [0.5, 0.6) is 0 Å². The third kappa shape index (κ3) is 2.61. The normalized spacial score (nSPS) is 19.3. The van der Waals surface area contributed by atoms with Gasteiger partial charge in [0.15, 0.2) is 0 Å². The largest absolute Gasteiger partial charge is 0.467 e. The van der Waals surface area contributed by atoms with Crippen molar-refractivity contribution in [2.24, 2.45) is 0 Å². The van der Waals surface area contributed by atoms with Crippen molar-refractivity contribution in [1.82, 2.24) is 5.32 Å². The molecule has 2 rings (SSSR count). The second-order valence-electron chi connectivity index (χ2n) is 4.36. The number of esters is 1. The molecule has 0 aromatic heterocycles. The maximum Gasteiger partial charge on any atom is 0.330 e. The molecule has 1 aromatic carbocycles. The van der Waals surface area contributed by atoms with E-state index in [2.05, 4.69) is 10.1 Å². The quantitative estimate of drug-likeness (QED) is 0.773. The number of carbonyl (C=O) groups excluding carboxylic acids is 2. The maximum absolute atomic E-state index is 11.6. The maximum atomic E-state index is 11.6. The lowest BCUT2D eigenvalue weighted by atomic mass is 10.1. The summed E-state index contributed by atoms with van der Waals surface area (Å²) < 4.78 is 4.67. The van der Waals surface area contributed by atoms with Gasteiger partial charge in [-0.05, 0) is 24.6 Å². The first-order valence-electron chi connectivity index (χ1n) is 5.79. The Bertz CT molecular complexity index is 473. The summed E-state index contributed by atoms with van der Waals surface area (Å²) in [5, 5.41) is 2.63. The van der Waals surface area contributed by atoms with E-state index in [1.54, 1.807) is 0 Å². The molecular weight excluding hydrogens is 232 g/mol. The predicted molar refractivity (Wildman–Crippen MR) is 67.3 cm³/mol. The van der Waals surface area contributed by atoms with E-state index >= 15 is 0 Å². The number of nitrogens with zero attached hydrogens (tertiary/aromatic N) is 1. The molecule has 1 aliphatic rings. The molecule has 0 aliphatic carbocycles. The molecule has 0 saturated carbocycles. The number of hydrogen-bond donors (Lipinski definition) is 1. The average molecular weight is 248 g/mol. The van der Waals surface area contributed by atoms with E-state index in [1.165, 1.54) is 7.11 Å². The van der Waals surface area contributed by atoms with Crippen LogP contribution in [0.15, 0.2) is 24.3 Å². The molecule has 1 saturated heterocycles. The topological polar surface area (TPSA) is 58.6 Å². The highest BCUT2D eigenvalue weighted by atomic mass is 16.5. The Morgan fingerprint density at radius 1 is 1.50 bits per heavy atom. The van der Waals surface area contributed by atoms with Gasteiger partial charge in [0, 0.05) is 12.2 Å². The van der Waals surface area contributed by atoms with E-state index in [-0.39, 0.29) is 12.5 Å². The molecule has 5 heteroatoms. The van der Waals surface area contributed by atoms with E-state index in [0.29, 0.717) is 6.54 Å². The van der Waals surface area contributed by atoms with Crippen molar-refractivity contribution < 1.29 is 14.3 Å². The molecular formula is C13H16N2O3. The minimum absolute atomic E-state index is 0.168. The molecule has 0 radical (unpaired) electrons. The van der Waals surface area contributed by atoms with Crippen LogP contribution in [0, 0.1) is 6.92 Å². The number of methoxy groups -OCH3 is 1. The smallest absolute Gasteiger partial charge is 0.330 e. The van der Waals surface area contributed by atoms with Crippen molar-refractivity contribution in [3.8, 4) is 0 Å². The van der Waals surface area contributed by atoms with Gasteiger partial charge < -0.3 is 15.0 Å². The highest BCUT2D eigenvalue weighted by molar-refractivity contribution is 5.89. The molecule has 5 nitrogen and oxygen atoms in total. The van der Waals surface area contributed by atoms with Crippen LogP contribution in [-0.2, 0) is 14.3 Å². The molecule has 96 valence electrons. The third-order valence-electron chi connectivity index (χ3n) is 2.93. The number of ether oxygens (including phenoxy) is 1. The van der Waals surface area contributed by atoms with Crippen LogP contribution >= 0.6 is 0 Å². The Labute approximate surface area is 106 Å². The minimum atomic E-state index is -0.600. The van der Waals surface area contributed by atoms with Crippen LogP contribution in [0.2, 0.25) is 0 Å². The van der Waals surface area contributed by atoms with Crippen molar-refractivity contribution in [2.75, 3.05) is 25.1 Å². The predicted octanol–water partition coefficient (Wildman–Crippen LogP) is 0.473. The number of benzene rings is 1. The zero-order valence-corrected chi connectivity index (χ0v) is 10.5. The summed E-state index contributed by atoms with van der Waals surface area (Å²) in [5.74, 6) is -0.584. The van der Waals surface area contributed by atoms with E-state index < -0.39 is 12.0 Å². The Morgan fingerprint density at radius 3 is 2.94 bits per heavy atom. The number of hydrogen-bond acceptors (Lipinski definition) is 4. The number of anilines is 1. The molecule has 1 aliphatic heterocycles. The Morgan fingerprint density at radius 2 is 2.28 bits per heavy atom. The number of amides is 1. The van der Waals surface area contributed by atoms with Crippen LogP contribution in [0.1, 0.15) is 5.56 Å². The molecule has 1 fully saturated rings. The fourth-order valence-corrected chi connectivity index (χ4v) is 2.04. The summed E-state index contributed by atoms with van der Waals surface area (Å²) in [6.45, 7) is 2.68. The summed E-state index contributed by atoms with van der Waals surface area (Å²) in [5.41, 5.74) is 2.06. The Hall–Kier alpha value is -2.04. The molecule has 1 aromatic rings. The van der Waals surface area contributed by atoms with Crippen LogP contribution in [0.3, 0.4) is 0 Å². The van der Waals surface area contributed by atoms with E-state index in [9.17, 15) is 9.59 Å². The lowest BCUT2D eigenvalue weighted by molar-refractivity contribution is -0.145. The Kier molecular flexibility index (Phi) is 3.50. The number of nitrogens with one attached hydrogen (secondary N) is 1. The van der Waals surface area contributed by atoms with Gasteiger partial charge in [-0.25, -0.2) is 4.79 Å². The zero-order chi connectivity index (χ0) is 13.1. The van der Waals surface area contributed by atoms with Crippen LogP contribution in [0.25, 0.3) is 0 Å². The monoisotopic (exact) mass is 248 g/mol. The molecule has 1 N–H and O–H groups in total. The number of aryl methyl sites for hydroxylation is 1. The summed E-state index contributed by atoms with van der Waals surface area (Å²) >= 11 is 0. The second-order valence-corrected chi connectivity index (χ2v) is 4.36. The van der Waals surface area contributed by atoms with E-state index in [4.69, 9.17) is 0 Å². The van der Waals surface area contributed by atoms with E-state index in [1.807, 2.05) is 36.1 Å². The van der Waals surface area contributed by atoms with Gasteiger partial charge in [-0.1, -0.05) is 12.1 Å². The molecule has 1 amide bonds. The summed E-state index contributed by atoms with van der Waals surface area (Å²) in [6.07, 6.45) is 0. The SMILES string of the molecule is COC(=O)C1CN(c2cccc(C)c2)CC(=O)N1. The molecule has 0 spiro atoms. The highest BCUT2D eigenvalue weighted by Gasteiger charge is 2.30. The van der Waals surface area contributed by atoms with Gasteiger partial charge in [-0.15, -0.1) is 0 Å². The first-order valence-corrected chi connectivity index (χ1v) is 5.79. The van der Waals surface area contributed by atoms with Crippen molar-refractivity contribution in [3.63, 3.8) is 0 Å². The lowest BCUT2D eigenvalue weighted by Gasteiger charge is -2.33. The van der Waals surface area contributed by atoms with Gasteiger partial charge in [0.05, 0.1) is 13.7 Å². The van der Waals surface area contributed by atoms with Crippen molar-refractivity contribution >= 4 is 17.6 Å². The molecule has 1 heterocycles. The van der Waals surface area contributed by atoms with Gasteiger partial charge >= 0.3 is 5.97 Å². The van der Waals surface area contributed by atoms with Crippen LogP contribution < -0.4 is 10.2 Å². The zero-order valence-electron chi connectivity index (χ0n) is 10.5. The minimum Gasteiger partial charge on any atom is -0.467 e. The number of carbonyl (C=O) groups is 2. The third-order valence-corrected chi connectivity index (χ3v) is 2.93.